The Morgan fingerprint density at radius 3 is 2.67 bits per heavy atom. The van der Waals surface area contributed by atoms with Crippen LogP contribution in [-0.4, -0.2) is 44.2 Å². The Morgan fingerprint density at radius 1 is 1.26 bits per heavy atom. The van der Waals surface area contributed by atoms with Crippen molar-refractivity contribution in [2.24, 2.45) is 0 Å². The molecule has 27 heavy (non-hydrogen) atoms. The minimum atomic E-state index is -0.528. The SMILES string of the molecule is COc1ccc(Cl)cc1NC(=O)c1cc([N+](=O)[O-])ccc1N1CCOCC1. The summed E-state index contributed by atoms with van der Waals surface area (Å²) >= 11 is 6.00. The van der Waals surface area contributed by atoms with Gasteiger partial charge in [0.25, 0.3) is 11.6 Å². The van der Waals surface area contributed by atoms with E-state index in [9.17, 15) is 14.9 Å². The number of rotatable bonds is 5. The lowest BCUT2D eigenvalue weighted by Gasteiger charge is -2.30. The van der Waals surface area contributed by atoms with Gasteiger partial charge in [-0.25, -0.2) is 0 Å². The van der Waals surface area contributed by atoms with Crippen LogP contribution in [0.25, 0.3) is 0 Å². The molecule has 1 saturated heterocycles. The Morgan fingerprint density at radius 2 is 2.00 bits per heavy atom. The zero-order valence-corrected chi connectivity index (χ0v) is 15.4. The number of anilines is 2. The van der Waals surface area contributed by atoms with Gasteiger partial charge in [-0.1, -0.05) is 11.6 Å². The zero-order valence-electron chi connectivity index (χ0n) is 14.6. The second-order valence-electron chi connectivity index (χ2n) is 5.86. The van der Waals surface area contributed by atoms with Crippen molar-refractivity contribution in [3.63, 3.8) is 0 Å². The molecule has 0 spiro atoms. The van der Waals surface area contributed by atoms with Gasteiger partial charge in [0, 0.05) is 30.2 Å². The van der Waals surface area contributed by atoms with Gasteiger partial charge < -0.3 is 19.7 Å². The third-order valence-electron chi connectivity index (χ3n) is 4.20. The summed E-state index contributed by atoms with van der Waals surface area (Å²) in [4.78, 5) is 25.6. The molecule has 0 saturated carbocycles. The Kier molecular flexibility index (Phi) is 5.78. The zero-order chi connectivity index (χ0) is 19.4. The van der Waals surface area contributed by atoms with E-state index in [1.807, 2.05) is 4.90 Å². The first-order valence-electron chi connectivity index (χ1n) is 8.25. The van der Waals surface area contributed by atoms with E-state index in [1.165, 1.54) is 19.2 Å². The van der Waals surface area contributed by atoms with Crippen LogP contribution < -0.4 is 15.0 Å². The smallest absolute Gasteiger partial charge is 0.270 e. The molecule has 1 N–H and O–H groups in total. The maximum Gasteiger partial charge on any atom is 0.270 e. The first kappa shape index (κ1) is 18.9. The van der Waals surface area contributed by atoms with Crippen molar-refractivity contribution >= 4 is 34.6 Å². The lowest BCUT2D eigenvalue weighted by Crippen LogP contribution is -2.37. The maximum atomic E-state index is 12.9. The minimum absolute atomic E-state index is 0.157. The molecule has 9 heteroatoms. The first-order chi connectivity index (χ1) is 13.0. The average molecular weight is 392 g/mol. The number of ether oxygens (including phenoxy) is 2. The molecule has 1 heterocycles. The molecule has 0 radical (unpaired) electrons. The molecule has 0 unspecified atom stereocenters. The van der Waals surface area contributed by atoms with Crippen molar-refractivity contribution in [1.29, 1.82) is 0 Å². The third kappa shape index (κ3) is 4.29. The topological polar surface area (TPSA) is 93.9 Å². The highest BCUT2D eigenvalue weighted by atomic mass is 35.5. The number of nitro benzene ring substituents is 1. The summed E-state index contributed by atoms with van der Waals surface area (Å²) in [5.41, 5.74) is 1.04. The normalized spacial score (nSPS) is 13.9. The van der Waals surface area contributed by atoms with Crippen LogP contribution in [0.5, 0.6) is 5.75 Å². The summed E-state index contributed by atoms with van der Waals surface area (Å²) in [7, 11) is 1.48. The van der Waals surface area contributed by atoms with Gasteiger partial charge >= 0.3 is 0 Å². The van der Waals surface area contributed by atoms with Crippen molar-refractivity contribution in [1.82, 2.24) is 0 Å². The summed E-state index contributed by atoms with van der Waals surface area (Å²) in [5.74, 6) is -0.0492. The molecule has 1 aliphatic rings. The largest absolute Gasteiger partial charge is 0.495 e. The van der Waals surface area contributed by atoms with Gasteiger partial charge in [0.05, 0.1) is 42.2 Å². The Bertz CT molecular complexity index is 868. The van der Waals surface area contributed by atoms with E-state index in [1.54, 1.807) is 24.3 Å². The molecule has 0 aromatic heterocycles. The number of nitrogens with one attached hydrogen (secondary N) is 1. The molecule has 2 aromatic carbocycles. The molecule has 1 amide bonds. The Hall–Kier alpha value is -2.84. The highest BCUT2D eigenvalue weighted by Crippen LogP contribution is 2.31. The Balaban J connectivity index is 1.97. The number of carbonyl (C=O) groups is 1. The third-order valence-corrected chi connectivity index (χ3v) is 4.43. The summed E-state index contributed by atoms with van der Waals surface area (Å²) in [6, 6.07) is 9.09. The molecule has 1 fully saturated rings. The van der Waals surface area contributed by atoms with Crippen LogP contribution in [0.4, 0.5) is 17.1 Å². The van der Waals surface area contributed by atoms with E-state index in [0.717, 1.165) is 0 Å². The van der Waals surface area contributed by atoms with E-state index in [-0.39, 0.29) is 11.3 Å². The number of non-ortho nitro benzene ring substituents is 1. The van der Waals surface area contributed by atoms with E-state index >= 15 is 0 Å². The second-order valence-corrected chi connectivity index (χ2v) is 6.29. The minimum Gasteiger partial charge on any atom is -0.495 e. The van der Waals surface area contributed by atoms with Crippen LogP contribution in [0.15, 0.2) is 36.4 Å². The maximum absolute atomic E-state index is 12.9. The molecular formula is C18H18ClN3O5. The van der Waals surface area contributed by atoms with Crippen LogP contribution >= 0.6 is 11.6 Å². The van der Waals surface area contributed by atoms with Crippen LogP contribution in [0.3, 0.4) is 0 Å². The molecule has 0 bridgehead atoms. The lowest BCUT2D eigenvalue weighted by atomic mass is 10.1. The monoisotopic (exact) mass is 391 g/mol. The number of hydrogen-bond acceptors (Lipinski definition) is 6. The average Bonchev–Trinajstić information content (AvgIpc) is 2.68. The van der Waals surface area contributed by atoms with Crippen LogP contribution in [-0.2, 0) is 4.74 Å². The molecular weight excluding hydrogens is 374 g/mol. The molecule has 142 valence electrons. The van der Waals surface area contributed by atoms with E-state index in [0.29, 0.717) is 48.5 Å². The molecule has 0 aliphatic carbocycles. The van der Waals surface area contributed by atoms with Crippen LogP contribution in [0, 0.1) is 10.1 Å². The second kappa shape index (κ2) is 8.24. The van der Waals surface area contributed by atoms with Gasteiger partial charge in [0.2, 0.25) is 0 Å². The number of amides is 1. The number of halogens is 1. The quantitative estimate of drug-likeness (QED) is 0.620. The van der Waals surface area contributed by atoms with Gasteiger partial charge in [-0.15, -0.1) is 0 Å². The number of morpholine rings is 1. The number of nitrogens with zero attached hydrogens (tertiary/aromatic N) is 2. The summed E-state index contributed by atoms with van der Waals surface area (Å²) in [6.07, 6.45) is 0. The molecule has 0 atom stereocenters. The first-order valence-corrected chi connectivity index (χ1v) is 8.63. The van der Waals surface area contributed by atoms with Gasteiger partial charge in [-0.3, -0.25) is 14.9 Å². The van der Waals surface area contributed by atoms with E-state index in [4.69, 9.17) is 21.1 Å². The van der Waals surface area contributed by atoms with Crippen molar-refractivity contribution in [3.8, 4) is 5.75 Å². The van der Waals surface area contributed by atoms with Crippen molar-refractivity contribution in [3.05, 3.63) is 57.1 Å². The van der Waals surface area contributed by atoms with Crippen LogP contribution in [0.1, 0.15) is 10.4 Å². The number of carbonyl (C=O) groups excluding carboxylic acids is 1. The highest BCUT2D eigenvalue weighted by Gasteiger charge is 2.23. The Labute approximate surface area is 160 Å². The fourth-order valence-electron chi connectivity index (χ4n) is 2.87. The van der Waals surface area contributed by atoms with Crippen molar-refractivity contribution < 1.29 is 19.2 Å². The summed E-state index contributed by atoms with van der Waals surface area (Å²) < 4.78 is 10.6. The fourth-order valence-corrected chi connectivity index (χ4v) is 3.04. The number of benzene rings is 2. The predicted molar refractivity (Wildman–Crippen MR) is 102 cm³/mol. The summed E-state index contributed by atoms with van der Waals surface area (Å²) in [5, 5.41) is 14.3. The highest BCUT2D eigenvalue weighted by molar-refractivity contribution is 6.31. The predicted octanol–water partition coefficient (Wildman–Crippen LogP) is 3.35. The van der Waals surface area contributed by atoms with E-state index in [2.05, 4.69) is 5.32 Å². The van der Waals surface area contributed by atoms with Crippen LogP contribution in [0.2, 0.25) is 5.02 Å². The number of methoxy groups -OCH3 is 1. The molecule has 2 aromatic rings. The van der Waals surface area contributed by atoms with Gasteiger partial charge in [-0.05, 0) is 24.3 Å². The van der Waals surface area contributed by atoms with Gasteiger partial charge in [0.1, 0.15) is 5.75 Å². The summed E-state index contributed by atoms with van der Waals surface area (Å²) in [6.45, 7) is 2.25. The van der Waals surface area contributed by atoms with E-state index < -0.39 is 10.8 Å². The molecule has 3 rings (SSSR count). The fraction of sp³-hybridized carbons (Fsp3) is 0.278. The molecule has 1 aliphatic heterocycles. The lowest BCUT2D eigenvalue weighted by molar-refractivity contribution is -0.384. The standard InChI is InChI=1S/C18H18ClN3O5/c1-26-17-5-2-12(19)10-15(17)20-18(23)14-11-13(22(24)25)3-4-16(14)21-6-8-27-9-7-21/h2-5,10-11H,6-9H2,1H3,(H,20,23). The van der Waals surface area contributed by atoms with Crippen molar-refractivity contribution in [2.45, 2.75) is 0 Å². The van der Waals surface area contributed by atoms with Crippen molar-refractivity contribution in [2.75, 3.05) is 43.6 Å². The number of nitro groups is 1. The van der Waals surface area contributed by atoms with Gasteiger partial charge in [0.15, 0.2) is 0 Å². The molecule has 8 nitrogen and oxygen atoms in total. The number of hydrogen-bond donors (Lipinski definition) is 1. The van der Waals surface area contributed by atoms with Gasteiger partial charge in [-0.2, -0.15) is 0 Å².